The summed E-state index contributed by atoms with van der Waals surface area (Å²) in [6.45, 7) is 4.11. The summed E-state index contributed by atoms with van der Waals surface area (Å²) >= 11 is 1.64. The second-order valence-corrected chi connectivity index (χ2v) is 18.4. The molecule has 1 atom stereocenters. The molecule has 5 aromatic rings. The first-order valence-corrected chi connectivity index (χ1v) is 22.0. The van der Waals surface area contributed by atoms with Crippen LogP contribution in [-0.4, -0.2) is 106 Å². The number of nitro benzene ring substituents is 1. The van der Waals surface area contributed by atoms with Crippen molar-refractivity contribution >= 4 is 65.4 Å². The van der Waals surface area contributed by atoms with Gasteiger partial charge in [0.15, 0.2) is 15.7 Å². The van der Waals surface area contributed by atoms with E-state index in [2.05, 4.69) is 29.8 Å². The van der Waals surface area contributed by atoms with Crippen LogP contribution < -0.4 is 14.9 Å². The van der Waals surface area contributed by atoms with Gasteiger partial charge in [0.05, 0.1) is 20.2 Å². The molecule has 290 valence electrons. The standard InChI is InChI=1S/C38H44N8O6S3/c1-43(2)18-17-29(26-53-31-10-5-4-6-11-31)41-34-16-14-32(24-36(34)46(47)48)55(51,52)42-38-33-15-13-30(23-35(33)39-27-40-38)45-21-19-44(20-22-45)25-28-9-7-8-12-37(28)54(3,49)50/h4-16,23-24,27,29,41H,17-22,25-26H2,1-3H3,(H,39,40,42). The molecule has 1 fully saturated rings. The summed E-state index contributed by atoms with van der Waals surface area (Å²) in [6, 6.07) is 26.2. The van der Waals surface area contributed by atoms with Gasteiger partial charge in [0.25, 0.3) is 15.7 Å². The van der Waals surface area contributed by atoms with Crippen LogP contribution in [0.3, 0.4) is 0 Å². The van der Waals surface area contributed by atoms with E-state index in [1.54, 1.807) is 30.0 Å². The highest BCUT2D eigenvalue weighted by Crippen LogP contribution is 2.32. The first-order chi connectivity index (χ1) is 26.3. The molecule has 0 bridgehead atoms. The Kier molecular flexibility index (Phi) is 12.6. The van der Waals surface area contributed by atoms with E-state index < -0.39 is 24.8 Å². The van der Waals surface area contributed by atoms with Crippen molar-refractivity contribution in [2.75, 3.05) is 73.8 Å². The summed E-state index contributed by atoms with van der Waals surface area (Å²) in [4.78, 5) is 27.9. The Morgan fingerprint density at radius 2 is 1.64 bits per heavy atom. The number of sulfone groups is 1. The summed E-state index contributed by atoms with van der Waals surface area (Å²) in [5, 5.41) is 16.0. The smallest absolute Gasteiger partial charge is 0.293 e. The third-order valence-corrected chi connectivity index (χ3v) is 13.0. The van der Waals surface area contributed by atoms with Gasteiger partial charge in [-0.2, -0.15) is 0 Å². The second kappa shape index (κ2) is 17.3. The zero-order chi connectivity index (χ0) is 39.2. The van der Waals surface area contributed by atoms with Gasteiger partial charge in [0.1, 0.15) is 12.0 Å². The van der Waals surface area contributed by atoms with Crippen LogP contribution in [0.1, 0.15) is 12.0 Å². The fourth-order valence-electron chi connectivity index (χ4n) is 6.41. The number of benzene rings is 4. The molecule has 1 saturated heterocycles. The number of piperazine rings is 1. The number of aromatic nitrogens is 2. The number of rotatable bonds is 16. The van der Waals surface area contributed by atoms with Crippen LogP contribution in [0.15, 0.2) is 112 Å². The molecule has 0 amide bonds. The Hall–Kier alpha value is -4.81. The number of hydrogen-bond acceptors (Lipinski definition) is 13. The van der Waals surface area contributed by atoms with Crippen molar-refractivity contribution in [1.29, 1.82) is 0 Å². The zero-order valence-electron chi connectivity index (χ0n) is 30.8. The molecule has 1 aromatic heterocycles. The Labute approximate surface area is 326 Å². The van der Waals surface area contributed by atoms with E-state index in [1.165, 1.54) is 24.7 Å². The van der Waals surface area contributed by atoms with Crippen molar-refractivity contribution in [3.8, 4) is 0 Å². The van der Waals surface area contributed by atoms with Crippen molar-refractivity contribution in [2.24, 2.45) is 0 Å². The number of nitrogens with one attached hydrogen (secondary N) is 2. The number of sulfonamides is 1. The minimum Gasteiger partial charge on any atom is -0.376 e. The maximum atomic E-state index is 13.7. The Bertz CT molecular complexity index is 2360. The van der Waals surface area contributed by atoms with Gasteiger partial charge in [0, 0.05) is 72.8 Å². The predicted molar refractivity (Wildman–Crippen MR) is 218 cm³/mol. The molecule has 0 spiro atoms. The van der Waals surface area contributed by atoms with Gasteiger partial charge in [-0.15, -0.1) is 11.8 Å². The predicted octanol–water partition coefficient (Wildman–Crippen LogP) is 5.59. The molecule has 1 aliphatic heterocycles. The van der Waals surface area contributed by atoms with Crippen LogP contribution in [0.25, 0.3) is 10.9 Å². The van der Waals surface area contributed by atoms with Crippen molar-refractivity contribution in [1.82, 2.24) is 19.8 Å². The van der Waals surface area contributed by atoms with E-state index in [1.807, 2.05) is 73.6 Å². The second-order valence-electron chi connectivity index (χ2n) is 13.7. The van der Waals surface area contributed by atoms with Crippen LogP contribution >= 0.6 is 11.8 Å². The number of anilines is 3. The van der Waals surface area contributed by atoms with E-state index in [-0.39, 0.29) is 28.1 Å². The maximum Gasteiger partial charge on any atom is 0.293 e. The SMILES string of the molecule is CN(C)CCC(CSc1ccccc1)Nc1ccc(S(=O)(=O)Nc2ncnc3cc(N4CCN(Cc5ccccc5S(C)(=O)=O)CC4)ccc23)cc1[N+](=O)[O-]. The number of thioether (sulfide) groups is 1. The molecule has 17 heteroatoms. The molecule has 0 aliphatic carbocycles. The Morgan fingerprint density at radius 1 is 0.909 bits per heavy atom. The van der Waals surface area contributed by atoms with Gasteiger partial charge >= 0.3 is 0 Å². The summed E-state index contributed by atoms with van der Waals surface area (Å²) in [6.07, 6.45) is 3.21. The summed E-state index contributed by atoms with van der Waals surface area (Å²) in [5.74, 6) is 0.704. The molecule has 2 heterocycles. The van der Waals surface area contributed by atoms with Gasteiger partial charge < -0.3 is 15.1 Å². The lowest BCUT2D eigenvalue weighted by Crippen LogP contribution is -2.46. The lowest BCUT2D eigenvalue weighted by Gasteiger charge is -2.36. The van der Waals surface area contributed by atoms with E-state index in [0.717, 1.165) is 41.8 Å². The number of nitrogens with zero attached hydrogens (tertiary/aromatic N) is 6. The number of nitro groups is 1. The quantitative estimate of drug-likeness (QED) is 0.0720. The lowest BCUT2D eigenvalue weighted by atomic mass is 10.1. The Morgan fingerprint density at radius 3 is 2.35 bits per heavy atom. The minimum atomic E-state index is -4.29. The lowest BCUT2D eigenvalue weighted by molar-refractivity contribution is -0.384. The van der Waals surface area contributed by atoms with Crippen LogP contribution in [0.4, 0.5) is 22.9 Å². The van der Waals surface area contributed by atoms with Crippen LogP contribution in [-0.2, 0) is 26.4 Å². The first kappa shape index (κ1) is 39.9. The molecule has 6 rings (SSSR count). The first-order valence-electron chi connectivity index (χ1n) is 17.7. The molecular formula is C38H44N8O6S3. The van der Waals surface area contributed by atoms with Gasteiger partial charge in [-0.1, -0.05) is 36.4 Å². The fourth-order valence-corrected chi connectivity index (χ4v) is 9.38. The van der Waals surface area contributed by atoms with Crippen LogP contribution in [0, 0.1) is 10.1 Å². The van der Waals surface area contributed by atoms with Gasteiger partial charge in [-0.25, -0.2) is 26.8 Å². The molecule has 2 N–H and O–H groups in total. The summed E-state index contributed by atoms with van der Waals surface area (Å²) in [7, 11) is -3.69. The fraction of sp³-hybridized carbons (Fsp3) is 0.316. The highest BCUT2D eigenvalue weighted by Gasteiger charge is 2.25. The molecular weight excluding hydrogens is 761 g/mol. The molecule has 0 radical (unpaired) electrons. The summed E-state index contributed by atoms with van der Waals surface area (Å²) in [5.41, 5.74) is 2.09. The maximum absolute atomic E-state index is 13.7. The number of hydrogen-bond donors (Lipinski definition) is 2. The molecule has 1 unspecified atom stereocenters. The van der Waals surface area contributed by atoms with E-state index in [0.29, 0.717) is 47.6 Å². The average Bonchev–Trinajstić information content (AvgIpc) is 3.16. The van der Waals surface area contributed by atoms with Crippen LogP contribution in [0.5, 0.6) is 0 Å². The van der Waals surface area contributed by atoms with Crippen molar-refractivity contribution in [3.63, 3.8) is 0 Å². The van der Waals surface area contributed by atoms with Gasteiger partial charge in [-0.05, 0) is 81.2 Å². The zero-order valence-corrected chi connectivity index (χ0v) is 33.3. The molecule has 14 nitrogen and oxygen atoms in total. The van der Waals surface area contributed by atoms with E-state index in [4.69, 9.17) is 0 Å². The van der Waals surface area contributed by atoms with Crippen molar-refractivity contribution in [2.45, 2.75) is 33.7 Å². The highest BCUT2D eigenvalue weighted by molar-refractivity contribution is 7.99. The van der Waals surface area contributed by atoms with Crippen molar-refractivity contribution in [3.05, 3.63) is 113 Å². The third-order valence-electron chi connectivity index (χ3n) is 9.31. The van der Waals surface area contributed by atoms with E-state index in [9.17, 15) is 26.9 Å². The van der Waals surface area contributed by atoms with Gasteiger partial charge in [0.2, 0.25) is 0 Å². The molecule has 1 aliphatic rings. The van der Waals surface area contributed by atoms with Crippen molar-refractivity contribution < 1.29 is 21.8 Å². The normalized spacial score (nSPS) is 14.6. The Balaban J connectivity index is 1.15. The monoisotopic (exact) mass is 804 g/mol. The topological polar surface area (TPSA) is 171 Å². The largest absolute Gasteiger partial charge is 0.376 e. The number of fused-ring (bicyclic) bond motifs is 1. The van der Waals surface area contributed by atoms with E-state index >= 15 is 0 Å². The molecule has 0 saturated carbocycles. The van der Waals surface area contributed by atoms with Gasteiger partial charge in [-0.3, -0.25) is 19.7 Å². The minimum absolute atomic E-state index is 0.0532. The molecule has 55 heavy (non-hydrogen) atoms. The highest BCUT2D eigenvalue weighted by atomic mass is 32.2. The summed E-state index contributed by atoms with van der Waals surface area (Å²) < 4.78 is 54.4. The molecule has 4 aromatic carbocycles. The van der Waals surface area contributed by atoms with Crippen LogP contribution in [0.2, 0.25) is 0 Å². The average molecular weight is 805 g/mol. The third kappa shape index (κ3) is 10.3.